The molecule has 0 N–H and O–H groups in total. The summed E-state index contributed by atoms with van der Waals surface area (Å²) in [6.45, 7) is 2.54. The summed E-state index contributed by atoms with van der Waals surface area (Å²) >= 11 is 0. The number of non-ortho nitro benzene ring substituents is 1. The molecule has 0 aliphatic heterocycles. The van der Waals surface area contributed by atoms with Crippen LogP contribution in [0.1, 0.15) is 5.69 Å². The molecule has 1 aromatic carbocycles. The highest BCUT2D eigenvalue weighted by Gasteiger charge is 2.06. The molecule has 0 bridgehead atoms. The van der Waals surface area contributed by atoms with Gasteiger partial charge in [0.1, 0.15) is 19.0 Å². The van der Waals surface area contributed by atoms with Gasteiger partial charge in [-0.15, -0.1) is 5.10 Å². The number of aryl methyl sites for hydroxylation is 2. The molecule has 1 heterocycles. The number of hydrogen-bond donors (Lipinski definition) is 0. The maximum Gasteiger partial charge on any atom is 0.273 e. The van der Waals surface area contributed by atoms with Gasteiger partial charge in [0.05, 0.1) is 11.0 Å². The Kier molecular flexibility index (Phi) is 4.19. The van der Waals surface area contributed by atoms with Gasteiger partial charge in [-0.05, 0) is 13.0 Å². The Labute approximate surface area is 115 Å². The van der Waals surface area contributed by atoms with Crippen molar-refractivity contribution >= 4 is 5.69 Å². The second-order valence-corrected chi connectivity index (χ2v) is 4.20. The molecule has 0 amide bonds. The van der Waals surface area contributed by atoms with Crippen LogP contribution in [0.5, 0.6) is 11.6 Å². The zero-order chi connectivity index (χ0) is 14.5. The van der Waals surface area contributed by atoms with Gasteiger partial charge in [-0.2, -0.15) is 0 Å². The minimum Gasteiger partial charge on any atom is -0.490 e. The first-order valence-electron chi connectivity index (χ1n) is 6.07. The molecule has 106 valence electrons. The molecule has 0 spiro atoms. The van der Waals surface area contributed by atoms with E-state index in [4.69, 9.17) is 9.47 Å². The molecule has 0 radical (unpaired) electrons. The Morgan fingerprint density at radius 2 is 2.05 bits per heavy atom. The molecule has 0 aliphatic carbocycles. The summed E-state index contributed by atoms with van der Waals surface area (Å²) in [5.74, 6) is 0.979. The molecule has 0 aliphatic rings. The number of aromatic nitrogens is 2. The number of benzene rings is 1. The van der Waals surface area contributed by atoms with Crippen molar-refractivity contribution in [3.8, 4) is 11.6 Å². The minimum atomic E-state index is -0.458. The molecule has 1 aromatic heterocycles. The summed E-state index contributed by atoms with van der Waals surface area (Å²) < 4.78 is 12.5. The quantitative estimate of drug-likeness (QED) is 0.459. The first-order chi connectivity index (χ1) is 9.56. The molecule has 0 unspecified atom stereocenters. The maximum absolute atomic E-state index is 10.6. The third kappa shape index (κ3) is 3.47. The zero-order valence-electron chi connectivity index (χ0n) is 11.3. The summed E-state index contributed by atoms with van der Waals surface area (Å²) in [7, 11) is 1.84. The molecular formula is C13H15N3O4. The Hall–Kier alpha value is -2.57. The summed E-state index contributed by atoms with van der Waals surface area (Å²) in [6.07, 6.45) is 0. The van der Waals surface area contributed by atoms with E-state index in [1.54, 1.807) is 16.8 Å². The molecule has 2 aromatic rings. The third-order valence-corrected chi connectivity index (χ3v) is 2.72. The van der Waals surface area contributed by atoms with Crippen LogP contribution in [0.4, 0.5) is 5.69 Å². The van der Waals surface area contributed by atoms with E-state index in [1.165, 1.54) is 12.1 Å². The van der Waals surface area contributed by atoms with Crippen molar-refractivity contribution in [1.82, 2.24) is 9.78 Å². The van der Waals surface area contributed by atoms with Crippen molar-refractivity contribution in [3.05, 3.63) is 46.1 Å². The van der Waals surface area contributed by atoms with E-state index in [0.29, 0.717) is 18.2 Å². The largest absolute Gasteiger partial charge is 0.490 e. The highest BCUT2D eigenvalue weighted by atomic mass is 16.6. The number of nitro groups is 1. The van der Waals surface area contributed by atoms with E-state index < -0.39 is 4.92 Å². The molecule has 0 fully saturated rings. The monoisotopic (exact) mass is 277 g/mol. The smallest absolute Gasteiger partial charge is 0.273 e. The number of nitro benzene ring substituents is 1. The predicted molar refractivity (Wildman–Crippen MR) is 72.0 cm³/mol. The van der Waals surface area contributed by atoms with Gasteiger partial charge >= 0.3 is 0 Å². The third-order valence-electron chi connectivity index (χ3n) is 2.72. The van der Waals surface area contributed by atoms with E-state index in [-0.39, 0.29) is 12.3 Å². The Bertz CT molecular complexity index is 590. The molecule has 20 heavy (non-hydrogen) atoms. The SMILES string of the molecule is Cc1cc(OCCOc2cccc([N+](=O)[O-])c2)nn1C. The molecule has 7 nitrogen and oxygen atoms in total. The van der Waals surface area contributed by atoms with Crippen LogP contribution in [0.2, 0.25) is 0 Å². The molecule has 7 heteroatoms. The standard InChI is InChI=1S/C13H15N3O4/c1-10-8-13(14-15(10)2)20-7-6-19-12-5-3-4-11(9-12)16(17)18/h3-5,8-9H,6-7H2,1-2H3. The topological polar surface area (TPSA) is 79.4 Å². The van der Waals surface area contributed by atoms with Gasteiger partial charge in [0, 0.05) is 24.9 Å². The lowest BCUT2D eigenvalue weighted by molar-refractivity contribution is -0.384. The Morgan fingerprint density at radius 1 is 1.30 bits per heavy atom. The lowest BCUT2D eigenvalue weighted by atomic mass is 10.3. The van der Waals surface area contributed by atoms with Crippen LogP contribution in [-0.4, -0.2) is 27.9 Å². The zero-order valence-corrected chi connectivity index (χ0v) is 11.3. The first-order valence-corrected chi connectivity index (χ1v) is 6.07. The van der Waals surface area contributed by atoms with E-state index >= 15 is 0 Å². The number of rotatable bonds is 6. The van der Waals surface area contributed by atoms with Crippen molar-refractivity contribution < 1.29 is 14.4 Å². The predicted octanol–water partition coefficient (Wildman–Crippen LogP) is 2.09. The second-order valence-electron chi connectivity index (χ2n) is 4.20. The van der Waals surface area contributed by atoms with Crippen LogP contribution < -0.4 is 9.47 Å². The fourth-order valence-electron chi connectivity index (χ4n) is 1.59. The van der Waals surface area contributed by atoms with Gasteiger partial charge < -0.3 is 9.47 Å². The van der Waals surface area contributed by atoms with E-state index in [9.17, 15) is 10.1 Å². The van der Waals surface area contributed by atoms with Gasteiger partial charge in [-0.3, -0.25) is 14.8 Å². The van der Waals surface area contributed by atoms with Crippen molar-refractivity contribution in [2.75, 3.05) is 13.2 Å². The highest BCUT2D eigenvalue weighted by molar-refractivity contribution is 5.37. The number of ether oxygens (including phenoxy) is 2. The Morgan fingerprint density at radius 3 is 2.70 bits per heavy atom. The highest BCUT2D eigenvalue weighted by Crippen LogP contribution is 2.19. The lowest BCUT2D eigenvalue weighted by Crippen LogP contribution is -2.09. The molecule has 0 saturated heterocycles. The fourth-order valence-corrected chi connectivity index (χ4v) is 1.59. The minimum absolute atomic E-state index is 0.00349. The molecule has 0 atom stereocenters. The molecule has 2 rings (SSSR count). The van der Waals surface area contributed by atoms with E-state index in [0.717, 1.165) is 5.69 Å². The van der Waals surface area contributed by atoms with E-state index in [1.807, 2.05) is 20.0 Å². The average molecular weight is 277 g/mol. The van der Waals surface area contributed by atoms with Crippen LogP contribution in [0.3, 0.4) is 0 Å². The molecule has 0 saturated carbocycles. The van der Waals surface area contributed by atoms with Crippen LogP contribution >= 0.6 is 0 Å². The van der Waals surface area contributed by atoms with Gasteiger partial charge in [0.15, 0.2) is 0 Å². The van der Waals surface area contributed by atoms with Gasteiger partial charge in [-0.1, -0.05) is 6.07 Å². The number of hydrogen-bond acceptors (Lipinski definition) is 5. The van der Waals surface area contributed by atoms with Gasteiger partial charge in [0.2, 0.25) is 5.88 Å². The van der Waals surface area contributed by atoms with Crippen LogP contribution in [0.15, 0.2) is 30.3 Å². The van der Waals surface area contributed by atoms with Crippen molar-refractivity contribution in [2.24, 2.45) is 7.05 Å². The lowest BCUT2D eigenvalue weighted by Gasteiger charge is -2.06. The maximum atomic E-state index is 10.6. The Balaban J connectivity index is 1.81. The average Bonchev–Trinajstić information content (AvgIpc) is 2.74. The first kappa shape index (κ1) is 13.9. The normalized spacial score (nSPS) is 10.3. The summed E-state index contributed by atoms with van der Waals surface area (Å²) in [6, 6.07) is 7.87. The van der Waals surface area contributed by atoms with E-state index in [2.05, 4.69) is 5.10 Å². The summed E-state index contributed by atoms with van der Waals surface area (Å²) in [5, 5.41) is 14.8. The fraction of sp³-hybridized carbons (Fsp3) is 0.308. The van der Waals surface area contributed by atoms with Crippen molar-refractivity contribution in [1.29, 1.82) is 0 Å². The van der Waals surface area contributed by atoms with Crippen LogP contribution in [0.25, 0.3) is 0 Å². The second kappa shape index (κ2) is 6.05. The van der Waals surface area contributed by atoms with Crippen molar-refractivity contribution in [2.45, 2.75) is 6.92 Å². The summed E-state index contributed by atoms with van der Waals surface area (Å²) in [4.78, 5) is 10.2. The number of nitrogens with zero attached hydrogens (tertiary/aromatic N) is 3. The van der Waals surface area contributed by atoms with Gasteiger partial charge in [-0.25, -0.2) is 0 Å². The van der Waals surface area contributed by atoms with Crippen molar-refractivity contribution in [3.63, 3.8) is 0 Å². The van der Waals surface area contributed by atoms with Gasteiger partial charge in [0.25, 0.3) is 5.69 Å². The summed E-state index contributed by atoms with van der Waals surface area (Å²) in [5.41, 5.74) is 1.00. The van der Waals surface area contributed by atoms with Crippen LogP contribution in [-0.2, 0) is 7.05 Å². The molecular weight excluding hydrogens is 262 g/mol. The van der Waals surface area contributed by atoms with Crippen LogP contribution in [0, 0.1) is 17.0 Å².